The average Bonchev–Trinajstić information content (AvgIpc) is 2.60. The lowest BCUT2D eigenvalue weighted by Gasteiger charge is -1.95. The smallest absolute Gasteiger partial charge is 0.125 e. The van der Waals surface area contributed by atoms with Crippen LogP contribution in [0.4, 0.5) is 4.39 Å². The molecule has 0 aliphatic rings. The number of imidazole rings is 1. The maximum Gasteiger partial charge on any atom is 0.125 e. The SMILES string of the molecule is CNCCCc1nc2ccc(F)cc2[nH]1. The van der Waals surface area contributed by atoms with Gasteiger partial charge >= 0.3 is 0 Å². The number of nitrogens with zero attached hydrogens (tertiary/aromatic N) is 1. The molecule has 0 bridgehead atoms. The predicted molar refractivity (Wildman–Crippen MR) is 58.3 cm³/mol. The van der Waals surface area contributed by atoms with Crippen molar-refractivity contribution in [3.63, 3.8) is 0 Å². The van der Waals surface area contributed by atoms with E-state index in [4.69, 9.17) is 0 Å². The Bertz CT molecular complexity index is 450. The van der Waals surface area contributed by atoms with E-state index in [0.29, 0.717) is 0 Å². The monoisotopic (exact) mass is 207 g/mol. The Morgan fingerprint density at radius 1 is 1.47 bits per heavy atom. The van der Waals surface area contributed by atoms with Crippen molar-refractivity contribution in [3.8, 4) is 0 Å². The number of fused-ring (bicyclic) bond motifs is 1. The van der Waals surface area contributed by atoms with Crippen LogP contribution in [-0.2, 0) is 6.42 Å². The van der Waals surface area contributed by atoms with Crippen molar-refractivity contribution in [2.24, 2.45) is 0 Å². The molecule has 0 aliphatic carbocycles. The number of aromatic amines is 1. The molecule has 15 heavy (non-hydrogen) atoms. The Morgan fingerprint density at radius 3 is 3.13 bits per heavy atom. The van der Waals surface area contributed by atoms with Gasteiger partial charge in [-0.05, 0) is 38.2 Å². The van der Waals surface area contributed by atoms with Crippen molar-refractivity contribution in [2.75, 3.05) is 13.6 Å². The highest BCUT2D eigenvalue weighted by atomic mass is 19.1. The Balaban J connectivity index is 2.16. The summed E-state index contributed by atoms with van der Waals surface area (Å²) >= 11 is 0. The molecular formula is C11H14FN3. The molecule has 80 valence electrons. The molecule has 0 fully saturated rings. The van der Waals surface area contributed by atoms with E-state index >= 15 is 0 Å². The predicted octanol–water partition coefficient (Wildman–Crippen LogP) is 1.85. The fourth-order valence-electron chi connectivity index (χ4n) is 1.59. The molecule has 0 unspecified atom stereocenters. The molecule has 0 amide bonds. The Labute approximate surface area is 87.7 Å². The lowest BCUT2D eigenvalue weighted by molar-refractivity contribution is 0.629. The number of hydrogen-bond acceptors (Lipinski definition) is 2. The summed E-state index contributed by atoms with van der Waals surface area (Å²) in [4.78, 5) is 7.49. The number of aryl methyl sites for hydroxylation is 1. The second kappa shape index (κ2) is 4.40. The molecule has 2 aromatic rings. The highest BCUT2D eigenvalue weighted by Crippen LogP contribution is 2.13. The molecule has 0 aliphatic heterocycles. The lowest BCUT2D eigenvalue weighted by Crippen LogP contribution is -2.08. The van der Waals surface area contributed by atoms with E-state index in [1.165, 1.54) is 12.1 Å². The fourth-order valence-corrected chi connectivity index (χ4v) is 1.59. The minimum absolute atomic E-state index is 0.229. The molecule has 3 nitrogen and oxygen atoms in total. The molecule has 0 radical (unpaired) electrons. The van der Waals surface area contributed by atoms with Gasteiger partial charge in [0.05, 0.1) is 11.0 Å². The van der Waals surface area contributed by atoms with Crippen LogP contribution in [-0.4, -0.2) is 23.6 Å². The number of aromatic nitrogens is 2. The maximum absolute atomic E-state index is 12.9. The highest BCUT2D eigenvalue weighted by molar-refractivity contribution is 5.74. The molecule has 0 saturated carbocycles. The van der Waals surface area contributed by atoms with Crippen LogP contribution in [0.25, 0.3) is 11.0 Å². The van der Waals surface area contributed by atoms with Gasteiger partial charge in [0.15, 0.2) is 0 Å². The number of benzene rings is 1. The number of hydrogen-bond donors (Lipinski definition) is 2. The Morgan fingerprint density at radius 2 is 2.33 bits per heavy atom. The molecule has 0 spiro atoms. The molecule has 2 N–H and O–H groups in total. The first kappa shape index (κ1) is 10.1. The molecule has 0 atom stereocenters. The molecule has 1 aromatic heterocycles. The van der Waals surface area contributed by atoms with Crippen molar-refractivity contribution in [1.29, 1.82) is 0 Å². The van der Waals surface area contributed by atoms with Crippen LogP contribution in [0.5, 0.6) is 0 Å². The number of halogens is 1. The second-order valence-corrected chi connectivity index (χ2v) is 3.55. The summed E-state index contributed by atoms with van der Waals surface area (Å²) in [6.45, 7) is 0.964. The summed E-state index contributed by atoms with van der Waals surface area (Å²) in [6.07, 6.45) is 1.91. The van der Waals surface area contributed by atoms with Gasteiger partial charge in [0, 0.05) is 6.42 Å². The largest absolute Gasteiger partial charge is 0.342 e. The van der Waals surface area contributed by atoms with Crippen molar-refractivity contribution >= 4 is 11.0 Å². The van der Waals surface area contributed by atoms with Gasteiger partial charge in [-0.2, -0.15) is 0 Å². The van der Waals surface area contributed by atoms with E-state index in [0.717, 1.165) is 36.2 Å². The van der Waals surface area contributed by atoms with E-state index in [9.17, 15) is 4.39 Å². The number of rotatable bonds is 4. The molecule has 1 aromatic carbocycles. The Kier molecular flexibility index (Phi) is 2.97. The summed E-state index contributed by atoms with van der Waals surface area (Å²) < 4.78 is 12.9. The third-order valence-corrected chi connectivity index (χ3v) is 2.33. The van der Waals surface area contributed by atoms with Crippen molar-refractivity contribution in [1.82, 2.24) is 15.3 Å². The number of H-pyrrole nitrogens is 1. The summed E-state index contributed by atoms with van der Waals surface area (Å²) in [6, 6.07) is 4.60. The van der Waals surface area contributed by atoms with Gasteiger partial charge in [0.2, 0.25) is 0 Å². The van der Waals surface area contributed by atoms with Gasteiger partial charge in [0.1, 0.15) is 11.6 Å². The van der Waals surface area contributed by atoms with Gasteiger partial charge in [-0.15, -0.1) is 0 Å². The second-order valence-electron chi connectivity index (χ2n) is 3.55. The first-order valence-electron chi connectivity index (χ1n) is 5.08. The summed E-state index contributed by atoms with van der Waals surface area (Å²) in [5.41, 5.74) is 1.60. The first-order valence-corrected chi connectivity index (χ1v) is 5.08. The van der Waals surface area contributed by atoms with Crippen LogP contribution >= 0.6 is 0 Å². The molecule has 4 heteroatoms. The fraction of sp³-hybridized carbons (Fsp3) is 0.364. The zero-order valence-corrected chi connectivity index (χ0v) is 8.68. The van der Waals surface area contributed by atoms with Crippen LogP contribution in [0.1, 0.15) is 12.2 Å². The normalized spacial score (nSPS) is 11.1. The third kappa shape index (κ3) is 2.33. The maximum atomic E-state index is 12.9. The van der Waals surface area contributed by atoms with Gasteiger partial charge in [-0.3, -0.25) is 0 Å². The quantitative estimate of drug-likeness (QED) is 0.751. The van der Waals surface area contributed by atoms with E-state index in [2.05, 4.69) is 15.3 Å². The molecule has 1 heterocycles. The zero-order valence-electron chi connectivity index (χ0n) is 8.68. The van der Waals surface area contributed by atoms with Gasteiger partial charge in [-0.25, -0.2) is 9.37 Å². The van der Waals surface area contributed by atoms with Crippen molar-refractivity contribution < 1.29 is 4.39 Å². The van der Waals surface area contributed by atoms with Crippen LogP contribution < -0.4 is 5.32 Å². The lowest BCUT2D eigenvalue weighted by atomic mass is 10.3. The van der Waals surface area contributed by atoms with Crippen LogP contribution in [0, 0.1) is 5.82 Å². The topological polar surface area (TPSA) is 40.7 Å². The van der Waals surface area contributed by atoms with Crippen LogP contribution in [0.15, 0.2) is 18.2 Å². The highest BCUT2D eigenvalue weighted by Gasteiger charge is 2.02. The zero-order chi connectivity index (χ0) is 10.7. The van der Waals surface area contributed by atoms with Gasteiger partial charge < -0.3 is 10.3 Å². The summed E-state index contributed by atoms with van der Waals surface area (Å²) in [5, 5.41) is 3.08. The van der Waals surface area contributed by atoms with Crippen molar-refractivity contribution in [3.05, 3.63) is 29.8 Å². The van der Waals surface area contributed by atoms with Crippen LogP contribution in [0.2, 0.25) is 0 Å². The molecule has 2 rings (SSSR count). The number of nitrogens with one attached hydrogen (secondary N) is 2. The minimum atomic E-state index is -0.229. The van der Waals surface area contributed by atoms with E-state index in [-0.39, 0.29) is 5.82 Å². The molecule has 0 saturated heterocycles. The third-order valence-electron chi connectivity index (χ3n) is 2.33. The van der Waals surface area contributed by atoms with Gasteiger partial charge in [0.25, 0.3) is 0 Å². The summed E-state index contributed by atoms with van der Waals surface area (Å²) in [5.74, 6) is 0.693. The Hall–Kier alpha value is -1.42. The van der Waals surface area contributed by atoms with Gasteiger partial charge in [-0.1, -0.05) is 0 Å². The van der Waals surface area contributed by atoms with E-state index < -0.39 is 0 Å². The molecular weight excluding hydrogens is 193 g/mol. The van der Waals surface area contributed by atoms with Crippen molar-refractivity contribution in [2.45, 2.75) is 12.8 Å². The van der Waals surface area contributed by atoms with E-state index in [1.807, 2.05) is 7.05 Å². The minimum Gasteiger partial charge on any atom is -0.342 e. The average molecular weight is 207 g/mol. The summed E-state index contributed by atoms with van der Waals surface area (Å²) in [7, 11) is 1.92. The van der Waals surface area contributed by atoms with E-state index in [1.54, 1.807) is 6.07 Å². The first-order chi connectivity index (χ1) is 7.29. The van der Waals surface area contributed by atoms with Crippen LogP contribution in [0.3, 0.4) is 0 Å². The standard InChI is InChI=1S/C11H14FN3/c1-13-6-2-3-11-14-9-5-4-8(12)7-10(9)15-11/h4-5,7,13H,2-3,6H2,1H3,(H,14,15).